The van der Waals surface area contributed by atoms with Gasteiger partial charge in [0.25, 0.3) is 0 Å². The number of ether oxygens (including phenoxy) is 1. The number of hydrogen-bond acceptors (Lipinski definition) is 3. The van der Waals surface area contributed by atoms with Crippen molar-refractivity contribution in [3.63, 3.8) is 0 Å². The van der Waals surface area contributed by atoms with Gasteiger partial charge in [-0.15, -0.1) is 5.10 Å². The van der Waals surface area contributed by atoms with E-state index >= 15 is 0 Å². The topological polar surface area (TPSA) is 39.9 Å². The molecule has 0 bridgehead atoms. The van der Waals surface area contributed by atoms with Crippen LogP contribution in [-0.2, 0) is 6.54 Å². The zero-order valence-corrected chi connectivity index (χ0v) is 11.1. The fourth-order valence-electron chi connectivity index (χ4n) is 1.89. The van der Waals surface area contributed by atoms with Crippen molar-refractivity contribution in [3.8, 4) is 5.75 Å². The number of halogens is 2. The molecule has 0 spiro atoms. The van der Waals surface area contributed by atoms with Gasteiger partial charge in [0.1, 0.15) is 5.75 Å². The first kappa shape index (κ1) is 11.0. The molecule has 2 heterocycles. The third-order valence-electron chi connectivity index (χ3n) is 2.66. The minimum absolute atomic E-state index is 0.0324. The number of hydrogen-bond donors (Lipinski definition) is 0. The van der Waals surface area contributed by atoms with Gasteiger partial charge in [-0.25, -0.2) is 9.67 Å². The summed E-state index contributed by atoms with van der Waals surface area (Å²) in [4.78, 5) is 4.30. The zero-order valence-electron chi connectivity index (χ0n) is 8.81. The van der Waals surface area contributed by atoms with Crippen molar-refractivity contribution in [3.05, 3.63) is 39.8 Å². The Kier molecular flexibility index (Phi) is 2.80. The second-order valence-corrected chi connectivity index (χ2v) is 4.96. The fraction of sp³-hybridized carbons (Fsp3) is 0.273. The van der Waals surface area contributed by atoms with Crippen molar-refractivity contribution < 1.29 is 4.74 Å². The maximum absolute atomic E-state index is 5.87. The summed E-state index contributed by atoms with van der Waals surface area (Å²) in [5, 5.41) is 4.92. The minimum Gasteiger partial charge on any atom is -0.482 e. The van der Waals surface area contributed by atoms with E-state index in [2.05, 4.69) is 26.0 Å². The largest absolute Gasteiger partial charge is 0.482 e. The Morgan fingerprint density at radius 1 is 1.35 bits per heavy atom. The lowest BCUT2D eigenvalue weighted by Crippen LogP contribution is -2.05. The summed E-state index contributed by atoms with van der Waals surface area (Å²) in [7, 11) is 0. The van der Waals surface area contributed by atoms with Gasteiger partial charge in [0.15, 0.2) is 11.9 Å². The summed E-state index contributed by atoms with van der Waals surface area (Å²) in [6, 6.07) is 7.34. The molecule has 0 saturated heterocycles. The van der Waals surface area contributed by atoms with Crippen LogP contribution in [0.15, 0.2) is 29.0 Å². The molecule has 3 rings (SSSR count). The van der Waals surface area contributed by atoms with Crippen LogP contribution in [0.2, 0.25) is 5.02 Å². The second-order valence-electron chi connectivity index (χ2n) is 3.81. The maximum Gasteiger partial charge on any atom is 0.217 e. The highest BCUT2D eigenvalue weighted by atomic mass is 79.9. The molecule has 4 nitrogen and oxygen atoms in total. The van der Waals surface area contributed by atoms with Gasteiger partial charge in [-0.1, -0.05) is 11.6 Å². The number of aromatic nitrogens is 3. The van der Waals surface area contributed by atoms with Crippen LogP contribution in [0.3, 0.4) is 0 Å². The number of benzene rings is 1. The number of aryl methyl sites for hydroxylation is 1. The van der Waals surface area contributed by atoms with Crippen LogP contribution in [0, 0.1) is 0 Å². The molecule has 0 fully saturated rings. The Bertz CT molecular complexity index is 540. The van der Waals surface area contributed by atoms with Crippen molar-refractivity contribution in [2.75, 3.05) is 0 Å². The molecule has 0 amide bonds. The molecule has 1 aromatic heterocycles. The molecule has 0 aliphatic carbocycles. The first-order valence-corrected chi connectivity index (χ1v) is 6.42. The van der Waals surface area contributed by atoms with Crippen LogP contribution >= 0.6 is 27.5 Å². The predicted octanol–water partition coefficient (Wildman–Crippen LogP) is 3.22. The molecule has 6 heteroatoms. The molecule has 0 radical (unpaired) electrons. The van der Waals surface area contributed by atoms with E-state index < -0.39 is 0 Å². The molecule has 1 aromatic carbocycles. The van der Waals surface area contributed by atoms with E-state index in [9.17, 15) is 0 Å². The molecule has 0 N–H and O–H groups in total. The molecule has 0 saturated carbocycles. The van der Waals surface area contributed by atoms with E-state index in [1.807, 2.05) is 28.9 Å². The van der Waals surface area contributed by atoms with E-state index in [1.54, 1.807) is 0 Å². The summed E-state index contributed by atoms with van der Waals surface area (Å²) in [6.07, 6.45) is 0.862. The summed E-state index contributed by atoms with van der Waals surface area (Å²) < 4.78 is 8.34. The Morgan fingerprint density at radius 3 is 2.88 bits per heavy atom. The van der Waals surface area contributed by atoms with Crippen molar-refractivity contribution in [1.82, 2.24) is 14.8 Å². The third-order valence-corrected chi connectivity index (χ3v) is 3.25. The fourth-order valence-corrected chi connectivity index (χ4v) is 2.39. The van der Waals surface area contributed by atoms with E-state index in [0.29, 0.717) is 9.76 Å². The van der Waals surface area contributed by atoms with Crippen LogP contribution in [0.5, 0.6) is 5.75 Å². The highest BCUT2D eigenvalue weighted by molar-refractivity contribution is 9.10. The van der Waals surface area contributed by atoms with Crippen molar-refractivity contribution in [2.45, 2.75) is 19.1 Å². The number of rotatable bonds is 2. The van der Waals surface area contributed by atoms with E-state index in [0.717, 1.165) is 24.5 Å². The highest BCUT2D eigenvalue weighted by Crippen LogP contribution is 2.30. The van der Waals surface area contributed by atoms with E-state index in [1.165, 1.54) is 0 Å². The number of nitrogens with zero attached hydrogens (tertiary/aromatic N) is 3. The predicted molar refractivity (Wildman–Crippen MR) is 67.2 cm³/mol. The average molecular weight is 315 g/mol. The van der Waals surface area contributed by atoms with Gasteiger partial charge in [0, 0.05) is 18.0 Å². The Balaban J connectivity index is 1.81. The van der Waals surface area contributed by atoms with Gasteiger partial charge in [-0.05, 0) is 40.2 Å². The smallest absolute Gasteiger partial charge is 0.217 e. The quantitative estimate of drug-likeness (QED) is 0.854. The molecule has 17 heavy (non-hydrogen) atoms. The van der Waals surface area contributed by atoms with Crippen molar-refractivity contribution in [1.29, 1.82) is 0 Å². The number of fused-ring (bicyclic) bond motifs is 1. The summed E-state index contributed by atoms with van der Waals surface area (Å²) in [5.74, 6) is 1.67. The zero-order chi connectivity index (χ0) is 11.8. The van der Waals surface area contributed by atoms with Crippen molar-refractivity contribution >= 4 is 27.5 Å². The standard InChI is InChI=1S/C11H9BrClN3O/c12-11-14-10-9(5-6-16(10)15-11)17-8-3-1-7(13)2-4-8/h1-4,9H,5-6H2. The Morgan fingerprint density at radius 2 is 2.12 bits per heavy atom. The summed E-state index contributed by atoms with van der Waals surface area (Å²) >= 11 is 9.09. The van der Waals surface area contributed by atoms with E-state index in [4.69, 9.17) is 16.3 Å². The SMILES string of the molecule is Clc1ccc(OC2CCn3nc(Br)nc32)cc1. The minimum atomic E-state index is -0.0324. The van der Waals surface area contributed by atoms with Gasteiger partial charge in [-0.2, -0.15) is 0 Å². The van der Waals surface area contributed by atoms with Gasteiger partial charge in [0.05, 0.1) is 0 Å². The van der Waals surface area contributed by atoms with Crippen LogP contribution in [0.25, 0.3) is 0 Å². The Labute approximate surface area is 112 Å². The van der Waals surface area contributed by atoms with Gasteiger partial charge in [0.2, 0.25) is 4.73 Å². The molecule has 88 valence electrons. The van der Waals surface area contributed by atoms with Crippen LogP contribution in [0.1, 0.15) is 18.3 Å². The van der Waals surface area contributed by atoms with E-state index in [-0.39, 0.29) is 6.10 Å². The van der Waals surface area contributed by atoms with Gasteiger partial charge in [-0.3, -0.25) is 0 Å². The average Bonchev–Trinajstić information content (AvgIpc) is 2.83. The lowest BCUT2D eigenvalue weighted by molar-refractivity contribution is 0.203. The lowest BCUT2D eigenvalue weighted by Gasteiger charge is -2.11. The highest BCUT2D eigenvalue weighted by Gasteiger charge is 2.27. The van der Waals surface area contributed by atoms with Crippen LogP contribution in [-0.4, -0.2) is 14.8 Å². The summed E-state index contributed by atoms with van der Waals surface area (Å²) in [6.45, 7) is 0.839. The van der Waals surface area contributed by atoms with Crippen LogP contribution < -0.4 is 4.74 Å². The molecular formula is C11H9BrClN3O. The third kappa shape index (κ3) is 2.17. The van der Waals surface area contributed by atoms with Gasteiger partial charge < -0.3 is 4.74 Å². The van der Waals surface area contributed by atoms with Gasteiger partial charge >= 0.3 is 0 Å². The molecular weight excluding hydrogens is 305 g/mol. The molecule has 1 atom stereocenters. The Hall–Kier alpha value is -1.07. The normalized spacial score (nSPS) is 18.1. The maximum atomic E-state index is 5.87. The lowest BCUT2D eigenvalue weighted by atomic mass is 10.3. The molecule has 1 unspecified atom stereocenters. The first-order chi connectivity index (χ1) is 8.22. The molecule has 1 aliphatic heterocycles. The molecule has 1 aliphatic rings. The van der Waals surface area contributed by atoms with Crippen LogP contribution in [0.4, 0.5) is 0 Å². The first-order valence-electron chi connectivity index (χ1n) is 5.25. The molecule has 2 aromatic rings. The summed E-state index contributed by atoms with van der Waals surface area (Å²) in [5.41, 5.74) is 0. The second kappa shape index (κ2) is 4.31. The van der Waals surface area contributed by atoms with Crippen molar-refractivity contribution in [2.24, 2.45) is 0 Å². The monoisotopic (exact) mass is 313 g/mol.